The maximum atomic E-state index is 13.5. The van der Waals surface area contributed by atoms with Gasteiger partial charge in [0.25, 0.3) is 0 Å². The fourth-order valence-electron chi connectivity index (χ4n) is 3.56. The maximum Gasteiger partial charge on any atom is 0.411 e. The van der Waals surface area contributed by atoms with Gasteiger partial charge in [-0.2, -0.15) is 0 Å². The molecule has 6 nitrogen and oxygen atoms in total. The van der Waals surface area contributed by atoms with Crippen LogP contribution in [0.4, 0.5) is 21.9 Å². The number of halogens is 1. The van der Waals surface area contributed by atoms with Gasteiger partial charge in [-0.3, -0.25) is 15.0 Å². The molecule has 7 heteroatoms. The minimum absolute atomic E-state index is 0. The molecule has 3 rings (SSSR count). The van der Waals surface area contributed by atoms with Crippen molar-refractivity contribution in [3.8, 4) is 0 Å². The van der Waals surface area contributed by atoms with Crippen LogP contribution in [0.3, 0.4) is 0 Å². The number of hydrogen-bond donors (Lipinski definition) is 2. The third-order valence-corrected chi connectivity index (χ3v) is 5.04. The third kappa shape index (κ3) is 5.32. The Morgan fingerprint density at radius 1 is 1.07 bits per heavy atom. The average molecular weight is 432 g/mol. The fourth-order valence-corrected chi connectivity index (χ4v) is 3.56. The molecule has 1 atom stereocenters. The topological polar surface area (TPSA) is 70.7 Å². The van der Waals surface area contributed by atoms with E-state index in [0.29, 0.717) is 12.3 Å². The van der Waals surface area contributed by atoms with Crippen molar-refractivity contribution >= 4 is 41.5 Å². The molecule has 2 aromatic carbocycles. The molecule has 0 saturated carbocycles. The molecule has 0 fully saturated rings. The Morgan fingerprint density at radius 2 is 1.77 bits per heavy atom. The lowest BCUT2D eigenvalue weighted by atomic mass is 10.0. The zero-order valence-electron chi connectivity index (χ0n) is 17.7. The summed E-state index contributed by atoms with van der Waals surface area (Å²) in [5.74, 6) is -0.0117. The predicted molar refractivity (Wildman–Crippen MR) is 123 cm³/mol. The Hall–Kier alpha value is -2.57. The van der Waals surface area contributed by atoms with Gasteiger partial charge in [-0.25, -0.2) is 4.79 Å². The van der Waals surface area contributed by atoms with Crippen LogP contribution in [0.2, 0.25) is 0 Å². The predicted octanol–water partition coefficient (Wildman–Crippen LogP) is 4.83. The molecule has 1 heterocycles. The highest BCUT2D eigenvalue weighted by Gasteiger charge is 2.29. The summed E-state index contributed by atoms with van der Waals surface area (Å²) in [7, 11) is 0. The number of para-hydroxylation sites is 1. The highest BCUT2D eigenvalue weighted by atomic mass is 35.5. The summed E-state index contributed by atoms with van der Waals surface area (Å²) in [4.78, 5) is 27.1. The van der Waals surface area contributed by atoms with Gasteiger partial charge in [-0.15, -0.1) is 12.4 Å². The Balaban J connectivity index is 0.00000320. The molecule has 1 unspecified atom stereocenters. The molecular weight excluding hydrogens is 402 g/mol. The quantitative estimate of drug-likeness (QED) is 0.687. The summed E-state index contributed by atoms with van der Waals surface area (Å²) >= 11 is 0. The first kappa shape index (κ1) is 23.7. The van der Waals surface area contributed by atoms with Crippen LogP contribution in [0.25, 0.3) is 0 Å². The molecule has 2 aromatic rings. The Kier molecular flexibility index (Phi) is 8.69. The Bertz CT molecular complexity index is 888. The van der Waals surface area contributed by atoms with E-state index in [4.69, 9.17) is 4.74 Å². The van der Waals surface area contributed by atoms with E-state index in [1.165, 1.54) is 0 Å². The van der Waals surface area contributed by atoms with E-state index in [-0.39, 0.29) is 24.4 Å². The van der Waals surface area contributed by atoms with Crippen molar-refractivity contribution in [3.63, 3.8) is 0 Å². The largest absolute Gasteiger partial charge is 0.450 e. The molecular formula is C23H30ClN3O3. The minimum atomic E-state index is -0.502. The molecule has 0 spiro atoms. The smallest absolute Gasteiger partial charge is 0.411 e. The van der Waals surface area contributed by atoms with Crippen LogP contribution in [-0.2, 0) is 22.4 Å². The minimum Gasteiger partial charge on any atom is -0.450 e. The van der Waals surface area contributed by atoms with Gasteiger partial charge in [-0.1, -0.05) is 31.2 Å². The second-order valence-electron chi connectivity index (χ2n) is 7.17. The second kappa shape index (κ2) is 11.0. The lowest BCUT2D eigenvalue weighted by molar-refractivity contribution is -0.119. The van der Waals surface area contributed by atoms with E-state index in [9.17, 15) is 9.59 Å². The van der Waals surface area contributed by atoms with Gasteiger partial charge in [0.1, 0.15) is 0 Å². The summed E-state index contributed by atoms with van der Waals surface area (Å²) in [5.41, 5.74) is 4.52. The molecule has 2 N–H and O–H groups in total. The van der Waals surface area contributed by atoms with Crippen molar-refractivity contribution in [1.82, 2.24) is 5.32 Å². The van der Waals surface area contributed by atoms with Gasteiger partial charge in [0, 0.05) is 5.69 Å². The summed E-state index contributed by atoms with van der Waals surface area (Å²) in [5, 5.41) is 6.04. The normalized spacial score (nSPS) is 13.2. The van der Waals surface area contributed by atoms with Crippen LogP contribution >= 0.6 is 12.4 Å². The van der Waals surface area contributed by atoms with Gasteiger partial charge in [-0.05, 0) is 69.0 Å². The first-order valence-electron chi connectivity index (χ1n) is 10.3. The van der Waals surface area contributed by atoms with Gasteiger partial charge in [0.2, 0.25) is 5.91 Å². The summed E-state index contributed by atoms with van der Waals surface area (Å²) in [6.45, 7) is 6.81. The van der Waals surface area contributed by atoms with E-state index in [0.717, 1.165) is 48.3 Å². The van der Waals surface area contributed by atoms with Crippen LogP contribution in [0.15, 0.2) is 42.5 Å². The van der Waals surface area contributed by atoms with Crippen LogP contribution < -0.4 is 15.5 Å². The second-order valence-corrected chi connectivity index (χ2v) is 7.17. The number of benzene rings is 2. The van der Waals surface area contributed by atoms with Crippen molar-refractivity contribution in [2.24, 2.45) is 0 Å². The number of nitrogens with zero attached hydrogens (tertiary/aromatic N) is 1. The monoisotopic (exact) mass is 431 g/mol. The first-order valence-corrected chi connectivity index (χ1v) is 10.3. The molecule has 1 aliphatic rings. The molecule has 2 amide bonds. The summed E-state index contributed by atoms with van der Waals surface area (Å²) in [6, 6.07) is 13.4. The molecule has 0 bridgehead atoms. The molecule has 162 valence electrons. The Morgan fingerprint density at radius 3 is 2.47 bits per heavy atom. The number of nitrogens with one attached hydrogen (secondary N) is 2. The molecule has 0 aliphatic carbocycles. The van der Waals surface area contributed by atoms with Crippen molar-refractivity contribution in [2.45, 2.75) is 46.1 Å². The number of anilines is 3. The van der Waals surface area contributed by atoms with Crippen molar-refractivity contribution in [1.29, 1.82) is 0 Å². The van der Waals surface area contributed by atoms with Crippen molar-refractivity contribution in [3.05, 3.63) is 53.6 Å². The molecule has 0 radical (unpaired) electrons. The molecule has 0 aromatic heterocycles. The average Bonchev–Trinajstić information content (AvgIpc) is 2.88. The van der Waals surface area contributed by atoms with Crippen LogP contribution in [-0.4, -0.2) is 31.2 Å². The number of carbonyl (C=O) groups is 2. The van der Waals surface area contributed by atoms with E-state index in [1.807, 2.05) is 43.3 Å². The number of carbonyl (C=O) groups excluding carboxylic acids is 2. The molecule has 0 saturated heterocycles. The number of fused-ring (bicyclic) bond motifs is 2. The van der Waals surface area contributed by atoms with Gasteiger partial charge >= 0.3 is 6.09 Å². The van der Waals surface area contributed by atoms with Crippen LogP contribution in [0.5, 0.6) is 0 Å². The van der Waals surface area contributed by atoms with Crippen LogP contribution in [0, 0.1) is 0 Å². The van der Waals surface area contributed by atoms with E-state index in [2.05, 4.69) is 23.6 Å². The standard InChI is InChI=1S/C23H29N3O3.ClH/c1-4-14-24-16(3)22(27)26-20-9-7-6-8-17(20)10-11-18-12-13-19(15-21(18)26)25-23(28)29-5-2;/h6-9,12-13,15-16,24H,4-5,10-11,14H2,1-3H3,(H,25,28);1H. The van der Waals surface area contributed by atoms with E-state index >= 15 is 0 Å². The van der Waals surface area contributed by atoms with Crippen LogP contribution in [0.1, 0.15) is 38.3 Å². The highest BCUT2D eigenvalue weighted by molar-refractivity contribution is 6.05. The van der Waals surface area contributed by atoms with E-state index < -0.39 is 6.09 Å². The molecule has 1 aliphatic heterocycles. The molecule has 30 heavy (non-hydrogen) atoms. The Labute approximate surface area is 184 Å². The van der Waals surface area contributed by atoms with Gasteiger partial charge < -0.3 is 10.1 Å². The van der Waals surface area contributed by atoms with Crippen molar-refractivity contribution in [2.75, 3.05) is 23.4 Å². The maximum absolute atomic E-state index is 13.5. The van der Waals surface area contributed by atoms with Gasteiger partial charge in [0.15, 0.2) is 0 Å². The first-order chi connectivity index (χ1) is 14.0. The van der Waals surface area contributed by atoms with E-state index in [1.54, 1.807) is 11.8 Å². The summed E-state index contributed by atoms with van der Waals surface area (Å²) < 4.78 is 4.99. The van der Waals surface area contributed by atoms with Gasteiger partial charge in [0.05, 0.1) is 24.0 Å². The SMILES string of the molecule is CCCNC(C)C(=O)N1c2ccccc2CCc2ccc(NC(=O)OCC)cc21.Cl. The number of ether oxygens (including phenoxy) is 1. The number of aryl methyl sites for hydroxylation is 2. The number of amides is 2. The third-order valence-electron chi connectivity index (χ3n) is 5.04. The zero-order valence-corrected chi connectivity index (χ0v) is 18.6. The lowest BCUT2D eigenvalue weighted by Gasteiger charge is -2.28. The highest BCUT2D eigenvalue weighted by Crippen LogP contribution is 2.38. The van der Waals surface area contributed by atoms with Crippen molar-refractivity contribution < 1.29 is 14.3 Å². The lowest BCUT2D eigenvalue weighted by Crippen LogP contribution is -2.43. The number of rotatable bonds is 6. The fraction of sp³-hybridized carbons (Fsp3) is 0.391. The zero-order chi connectivity index (χ0) is 20.8. The summed E-state index contributed by atoms with van der Waals surface area (Å²) in [6.07, 6.45) is 2.14. The number of hydrogen-bond acceptors (Lipinski definition) is 4.